The van der Waals surface area contributed by atoms with E-state index < -0.39 is 35.8 Å². The molecule has 2 saturated heterocycles. The van der Waals surface area contributed by atoms with Crippen LogP contribution >= 0.6 is 0 Å². The number of urea groups is 1. The molecule has 2 aliphatic heterocycles. The largest absolute Gasteiger partial charge is 0.466 e. The van der Waals surface area contributed by atoms with Crippen LogP contribution < -0.4 is 5.32 Å². The summed E-state index contributed by atoms with van der Waals surface area (Å²) >= 11 is 0. The van der Waals surface area contributed by atoms with Gasteiger partial charge in [-0.05, 0) is 24.5 Å². The van der Waals surface area contributed by atoms with Crippen LogP contribution in [0.2, 0.25) is 0 Å². The average molecular weight is 320 g/mol. The molecule has 0 bridgehead atoms. The fourth-order valence-electron chi connectivity index (χ4n) is 3.46. The molecule has 8 heteroatoms. The van der Waals surface area contributed by atoms with Crippen molar-refractivity contribution in [1.82, 2.24) is 10.2 Å². The van der Waals surface area contributed by atoms with E-state index in [9.17, 15) is 19.2 Å². The molecule has 122 valence electrons. The van der Waals surface area contributed by atoms with Crippen molar-refractivity contribution in [2.45, 2.75) is 18.9 Å². The zero-order valence-corrected chi connectivity index (χ0v) is 12.8. The molecule has 1 aliphatic carbocycles. The zero-order chi connectivity index (χ0) is 16.7. The number of nitrogens with zero attached hydrogens (tertiary/aromatic N) is 1. The van der Waals surface area contributed by atoms with E-state index in [4.69, 9.17) is 9.47 Å². The van der Waals surface area contributed by atoms with Crippen LogP contribution in [0.4, 0.5) is 4.79 Å². The second-order valence-corrected chi connectivity index (χ2v) is 5.54. The fourth-order valence-corrected chi connectivity index (χ4v) is 3.46. The van der Waals surface area contributed by atoms with E-state index in [1.54, 1.807) is 6.08 Å². The predicted octanol–water partition coefficient (Wildman–Crippen LogP) is -0.101. The van der Waals surface area contributed by atoms with Crippen LogP contribution in [0.1, 0.15) is 12.8 Å². The van der Waals surface area contributed by atoms with Gasteiger partial charge in [-0.3, -0.25) is 10.1 Å². The number of rotatable bonds is 2. The maximum atomic E-state index is 12.4. The van der Waals surface area contributed by atoms with Crippen molar-refractivity contribution in [2.24, 2.45) is 5.92 Å². The molecule has 0 radical (unpaired) electrons. The van der Waals surface area contributed by atoms with Crippen LogP contribution in [0.25, 0.3) is 0 Å². The summed E-state index contributed by atoms with van der Waals surface area (Å²) in [6.07, 6.45) is 2.92. The predicted molar refractivity (Wildman–Crippen MR) is 75.9 cm³/mol. The van der Waals surface area contributed by atoms with Gasteiger partial charge in [0.25, 0.3) is 0 Å². The minimum atomic E-state index is -0.963. The molecule has 0 spiro atoms. The Balaban J connectivity index is 2.20. The molecular formula is C15H16N2O6. The number of ether oxygens (including phenoxy) is 2. The molecule has 2 heterocycles. The highest BCUT2D eigenvalue weighted by Crippen LogP contribution is 2.40. The summed E-state index contributed by atoms with van der Waals surface area (Å²) < 4.78 is 9.47. The summed E-state index contributed by atoms with van der Waals surface area (Å²) in [6.45, 7) is 0.486. The van der Waals surface area contributed by atoms with Crippen LogP contribution in [-0.4, -0.2) is 55.6 Å². The van der Waals surface area contributed by atoms with E-state index in [1.165, 1.54) is 19.1 Å². The van der Waals surface area contributed by atoms with Gasteiger partial charge in [-0.25, -0.2) is 14.4 Å². The molecule has 0 aromatic carbocycles. The number of carbonyl (C=O) groups excluding carboxylic acids is 4. The zero-order valence-electron chi connectivity index (χ0n) is 12.8. The van der Waals surface area contributed by atoms with Crippen molar-refractivity contribution in [3.63, 3.8) is 0 Å². The molecule has 1 N–H and O–H groups in total. The highest BCUT2D eigenvalue weighted by atomic mass is 16.5. The van der Waals surface area contributed by atoms with Gasteiger partial charge < -0.3 is 14.4 Å². The van der Waals surface area contributed by atoms with Gasteiger partial charge in [-0.1, -0.05) is 0 Å². The third-order valence-electron chi connectivity index (χ3n) is 4.41. The first-order valence-electron chi connectivity index (χ1n) is 7.22. The topological polar surface area (TPSA) is 102 Å². The molecule has 0 aromatic rings. The summed E-state index contributed by atoms with van der Waals surface area (Å²) in [5.41, 5.74) is 0.726. The SMILES string of the molecule is COC(=O)C1=C(C(=O)OC)[C@H]2C(=O)NC(=O)N3CCCC(=C1)[C@@H]23. The molecule has 0 aromatic heterocycles. The third kappa shape index (κ3) is 2.21. The molecule has 2 fully saturated rings. The highest BCUT2D eigenvalue weighted by molar-refractivity contribution is 6.11. The second-order valence-electron chi connectivity index (χ2n) is 5.54. The lowest BCUT2D eigenvalue weighted by Crippen LogP contribution is -2.64. The Morgan fingerprint density at radius 3 is 2.57 bits per heavy atom. The first kappa shape index (κ1) is 15.3. The Hall–Kier alpha value is -2.64. The molecule has 3 rings (SSSR count). The van der Waals surface area contributed by atoms with Gasteiger partial charge in [-0.2, -0.15) is 0 Å². The molecule has 8 nitrogen and oxygen atoms in total. The van der Waals surface area contributed by atoms with Crippen molar-refractivity contribution >= 4 is 23.9 Å². The summed E-state index contributed by atoms with van der Waals surface area (Å²) in [5.74, 6) is -3.06. The molecule has 0 unspecified atom stereocenters. The standard InChI is InChI=1S/C15H16N2O6/c1-22-13(19)8-6-7-4-3-5-17-11(7)10(9(8)14(20)23-2)12(18)16-15(17)21/h6,10-11H,3-5H2,1-2H3,(H,16,18,21)/t10-,11+/m1/s1. The summed E-state index contributed by atoms with van der Waals surface area (Å²) in [5, 5.41) is 2.25. The smallest absolute Gasteiger partial charge is 0.338 e. The van der Waals surface area contributed by atoms with Crippen LogP contribution in [0.3, 0.4) is 0 Å². The molecule has 23 heavy (non-hydrogen) atoms. The Morgan fingerprint density at radius 2 is 1.91 bits per heavy atom. The van der Waals surface area contributed by atoms with Gasteiger partial charge in [-0.15, -0.1) is 0 Å². The number of nitrogens with one attached hydrogen (secondary N) is 1. The van der Waals surface area contributed by atoms with Gasteiger partial charge in [0.15, 0.2) is 0 Å². The number of methoxy groups -OCH3 is 2. The second kappa shape index (κ2) is 5.53. The number of esters is 2. The lowest BCUT2D eigenvalue weighted by molar-refractivity contribution is -0.141. The highest BCUT2D eigenvalue weighted by Gasteiger charge is 2.51. The maximum absolute atomic E-state index is 12.4. The Bertz CT molecular complexity index is 677. The van der Waals surface area contributed by atoms with E-state index >= 15 is 0 Å². The Morgan fingerprint density at radius 1 is 1.22 bits per heavy atom. The molecule has 2 atom stereocenters. The normalized spacial score (nSPS) is 26.2. The van der Waals surface area contributed by atoms with Gasteiger partial charge in [0.05, 0.1) is 37.3 Å². The van der Waals surface area contributed by atoms with E-state index in [0.717, 1.165) is 12.0 Å². The quantitative estimate of drug-likeness (QED) is 0.713. The van der Waals surface area contributed by atoms with Crippen LogP contribution in [0.15, 0.2) is 22.8 Å². The first-order chi connectivity index (χ1) is 11.0. The summed E-state index contributed by atoms with van der Waals surface area (Å²) in [4.78, 5) is 50.2. The molecule has 0 saturated carbocycles. The number of hydrogen-bond acceptors (Lipinski definition) is 6. The van der Waals surface area contributed by atoms with Gasteiger partial charge >= 0.3 is 18.0 Å². The summed E-state index contributed by atoms with van der Waals surface area (Å²) in [6, 6.07) is -1.03. The fraction of sp³-hybridized carbons (Fsp3) is 0.467. The van der Waals surface area contributed by atoms with Crippen LogP contribution in [0.5, 0.6) is 0 Å². The number of piperidine rings is 1. The Kier molecular flexibility index (Phi) is 3.67. The van der Waals surface area contributed by atoms with E-state index in [1.807, 2.05) is 0 Å². The van der Waals surface area contributed by atoms with Crippen molar-refractivity contribution in [1.29, 1.82) is 0 Å². The number of imide groups is 1. The van der Waals surface area contributed by atoms with Crippen LogP contribution in [0, 0.1) is 5.92 Å². The monoisotopic (exact) mass is 320 g/mol. The van der Waals surface area contributed by atoms with E-state index in [-0.39, 0.29) is 11.1 Å². The lowest BCUT2D eigenvalue weighted by atomic mass is 9.73. The van der Waals surface area contributed by atoms with Crippen molar-refractivity contribution < 1.29 is 28.7 Å². The molecule has 3 aliphatic rings. The molecular weight excluding hydrogens is 304 g/mol. The van der Waals surface area contributed by atoms with Gasteiger partial charge in [0.1, 0.15) is 0 Å². The van der Waals surface area contributed by atoms with Gasteiger partial charge in [0.2, 0.25) is 5.91 Å². The van der Waals surface area contributed by atoms with Gasteiger partial charge in [0, 0.05) is 6.54 Å². The number of carbonyl (C=O) groups is 4. The molecule has 3 amide bonds. The number of hydrogen-bond donors (Lipinski definition) is 1. The Labute approximate surface area is 132 Å². The minimum absolute atomic E-state index is 0.0157. The first-order valence-corrected chi connectivity index (χ1v) is 7.22. The van der Waals surface area contributed by atoms with Crippen molar-refractivity contribution in [3.8, 4) is 0 Å². The number of amides is 3. The summed E-state index contributed by atoms with van der Waals surface area (Å²) in [7, 11) is 2.38. The van der Waals surface area contributed by atoms with E-state index in [2.05, 4.69) is 5.32 Å². The third-order valence-corrected chi connectivity index (χ3v) is 4.41. The van der Waals surface area contributed by atoms with E-state index in [0.29, 0.717) is 13.0 Å². The van der Waals surface area contributed by atoms with Crippen molar-refractivity contribution in [2.75, 3.05) is 20.8 Å². The van der Waals surface area contributed by atoms with Crippen molar-refractivity contribution in [3.05, 3.63) is 22.8 Å². The minimum Gasteiger partial charge on any atom is -0.466 e. The van der Waals surface area contributed by atoms with Crippen LogP contribution in [-0.2, 0) is 23.9 Å². The average Bonchev–Trinajstić information content (AvgIpc) is 2.56. The maximum Gasteiger partial charge on any atom is 0.338 e. The lowest BCUT2D eigenvalue weighted by Gasteiger charge is -2.46.